The van der Waals surface area contributed by atoms with Gasteiger partial charge in [0.25, 0.3) is 0 Å². The fourth-order valence-corrected chi connectivity index (χ4v) is 1.54. The van der Waals surface area contributed by atoms with Crippen LogP contribution in [-0.2, 0) is 0 Å². The summed E-state index contributed by atoms with van der Waals surface area (Å²) in [7, 11) is 0. The standard InChI is InChI=1S/C13H4F6N2/c14-7-3-6(2-1-5(7)4-20)21-13-11(18)9(16)8(15)10(17)12(13)19/h1-3,21H. The lowest BCUT2D eigenvalue weighted by Gasteiger charge is -2.11. The molecule has 0 fully saturated rings. The van der Waals surface area contributed by atoms with E-state index in [1.807, 2.05) is 5.32 Å². The highest BCUT2D eigenvalue weighted by Gasteiger charge is 2.25. The number of hydrogen-bond donors (Lipinski definition) is 1. The smallest absolute Gasteiger partial charge is 0.200 e. The Bertz CT molecular complexity index is 737. The maximum absolute atomic E-state index is 13.4. The third-order valence-corrected chi connectivity index (χ3v) is 2.57. The van der Waals surface area contributed by atoms with Crippen molar-refractivity contribution >= 4 is 11.4 Å². The number of nitrogens with one attached hydrogen (secondary N) is 1. The van der Waals surface area contributed by atoms with Crippen LogP contribution in [0.15, 0.2) is 18.2 Å². The highest BCUT2D eigenvalue weighted by atomic mass is 19.2. The number of benzene rings is 2. The summed E-state index contributed by atoms with van der Waals surface area (Å²) < 4.78 is 78.9. The van der Waals surface area contributed by atoms with Crippen molar-refractivity contribution in [1.82, 2.24) is 0 Å². The van der Waals surface area contributed by atoms with Gasteiger partial charge in [0.2, 0.25) is 5.82 Å². The average Bonchev–Trinajstić information content (AvgIpc) is 2.48. The molecule has 0 aliphatic heterocycles. The normalized spacial score (nSPS) is 10.3. The number of halogens is 6. The summed E-state index contributed by atoms with van der Waals surface area (Å²) in [5, 5.41) is 10.4. The lowest BCUT2D eigenvalue weighted by atomic mass is 10.2. The second-order valence-electron chi connectivity index (χ2n) is 3.88. The van der Waals surface area contributed by atoms with E-state index in [9.17, 15) is 26.3 Å². The molecule has 1 N–H and O–H groups in total. The van der Waals surface area contributed by atoms with E-state index in [-0.39, 0.29) is 11.3 Å². The van der Waals surface area contributed by atoms with Crippen LogP contribution in [0.25, 0.3) is 0 Å². The van der Waals surface area contributed by atoms with Gasteiger partial charge in [0.05, 0.1) is 5.56 Å². The van der Waals surface area contributed by atoms with Crippen molar-refractivity contribution in [3.63, 3.8) is 0 Å². The zero-order chi connectivity index (χ0) is 15.7. The van der Waals surface area contributed by atoms with Crippen LogP contribution in [0.5, 0.6) is 0 Å². The molecule has 0 aliphatic rings. The number of anilines is 2. The minimum Gasteiger partial charge on any atom is -0.350 e. The highest BCUT2D eigenvalue weighted by molar-refractivity contribution is 5.62. The molecular weight excluding hydrogens is 298 g/mol. The molecule has 0 unspecified atom stereocenters. The summed E-state index contributed by atoms with van der Waals surface area (Å²) in [5.74, 6) is -11.7. The predicted molar refractivity (Wildman–Crippen MR) is 60.6 cm³/mol. The molecule has 8 heteroatoms. The topological polar surface area (TPSA) is 35.8 Å². The molecule has 2 aromatic rings. The first kappa shape index (κ1) is 14.7. The van der Waals surface area contributed by atoms with Crippen LogP contribution in [0.3, 0.4) is 0 Å². The molecular formula is C13H4F6N2. The molecule has 2 nitrogen and oxygen atoms in total. The predicted octanol–water partition coefficient (Wildman–Crippen LogP) is 4.14. The molecule has 0 atom stereocenters. The first-order valence-corrected chi connectivity index (χ1v) is 5.35. The number of nitriles is 1. The first-order valence-electron chi connectivity index (χ1n) is 5.35. The monoisotopic (exact) mass is 302 g/mol. The molecule has 2 aromatic carbocycles. The van der Waals surface area contributed by atoms with E-state index in [0.717, 1.165) is 12.1 Å². The zero-order valence-electron chi connectivity index (χ0n) is 9.95. The van der Waals surface area contributed by atoms with Crippen LogP contribution in [0.1, 0.15) is 5.56 Å². The van der Waals surface area contributed by atoms with Gasteiger partial charge in [-0.05, 0) is 18.2 Å². The van der Waals surface area contributed by atoms with Gasteiger partial charge < -0.3 is 5.32 Å². The lowest BCUT2D eigenvalue weighted by molar-refractivity contribution is 0.382. The fourth-order valence-electron chi connectivity index (χ4n) is 1.54. The Morgan fingerprint density at radius 3 is 1.81 bits per heavy atom. The van der Waals surface area contributed by atoms with Crippen LogP contribution in [0, 0.1) is 46.2 Å². The summed E-state index contributed by atoms with van der Waals surface area (Å²) in [5.41, 5.74) is -1.93. The number of rotatable bonds is 2. The Hall–Kier alpha value is -2.69. The molecule has 0 radical (unpaired) electrons. The second kappa shape index (κ2) is 5.36. The van der Waals surface area contributed by atoms with Crippen LogP contribution >= 0.6 is 0 Å². The quantitative estimate of drug-likeness (QED) is 0.514. The van der Waals surface area contributed by atoms with Crippen LogP contribution in [0.4, 0.5) is 37.7 Å². The van der Waals surface area contributed by atoms with E-state index < -0.39 is 40.6 Å². The van der Waals surface area contributed by atoms with Gasteiger partial charge >= 0.3 is 0 Å². The van der Waals surface area contributed by atoms with E-state index in [1.54, 1.807) is 0 Å². The van der Waals surface area contributed by atoms with Gasteiger partial charge in [0, 0.05) is 5.69 Å². The van der Waals surface area contributed by atoms with E-state index in [4.69, 9.17) is 5.26 Å². The molecule has 2 rings (SSSR count). The Labute approximate surface area is 114 Å². The lowest BCUT2D eigenvalue weighted by Crippen LogP contribution is -2.07. The van der Waals surface area contributed by atoms with Crippen molar-refractivity contribution in [2.75, 3.05) is 5.32 Å². The highest BCUT2D eigenvalue weighted by Crippen LogP contribution is 2.30. The average molecular weight is 302 g/mol. The number of hydrogen-bond acceptors (Lipinski definition) is 2. The second-order valence-corrected chi connectivity index (χ2v) is 3.88. The van der Waals surface area contributed by atoms with E-state index in [2.05, 4.69) is 0 Å². The molecule has 0 bridgehead atoms. The van der Waals surface area contributed by atoms with Crippen molar-refractivity contribution < 1.29 is 26.3 Å². The molecule has 0 amide bonds. The maximum atomic E-state index is 13.4. The minimum atomic E-state index is -2.29. The molecule has 0 aliphatic carbocycles. The van der Waals surface area contributed by atoms with Crippen molar-refractivity contribution in [3.8, 4) is 6.07 Å². The van der Waals surface area contributed by atoms with Crippen molar-refractivity contribution in [3.05, 3.63) is 58.7 Å². The van der Waals surface area contributed by atoms with Crippen LogP contribution < -0.4 is 5.32 Å². The number of nitrogens with zero attached hydrogens (tertiary/aromatic N) is 1. The summed E-state index contributed by atoms with van der Waals surface area (Å²) in [6.07, 6.45) is 0. The van der Waals surface area contributed by atoms with Crippen molar-refractivity contribution in [2.45, 2.75) is 0 Å². The van der Waals surface area contributed by atoms with Crippen LogP contribution in [-0.4, -0.2) is 0 Å². The van der Waals surface area contributed by atoms with E-state index in [0.29, 0.717) is 6.07 Å². The fraction of sp³-hybridized carbons (Fsp3) is 0. The largest absolute Gasteiger partial charge is 0.350 e. The molecule has 21 heavy (non-hydrogen) atoms. The molecule has 0 saturated carbocycles. The van der Waals surface area contributed by atoms with Crippen molar-refractivity contribution in [2.24, 2.45) is 0 Å². The molecule has 0 spiro atoms. The maximum Gasteiger partial charge on any atom is 0.200 e. The molecule has 0 heterocycles. The summed E-state index contributed by atoms with van der Waals surface area (Å²) in [6.45, 7) is 0. The summed E-state index contributed by atoms with van der Waals surface area (Å²) in [4.78, 5) is 0. The summed E-state index contributed by atoms with van der Waals surface area (Å²) in [6, 6.07) is 4.25. The molecule has 0 saturated heterocycles. The van der Waals surface area contributed by atoms with Gasteiger partial charge in [0.1, 0.15) is 17.6 Å². The third-order valence-electron chi connectivity index (χ3n) is 2.57. The Morgan fingerprint density at radius 2 is 1.33 bits per heavy atom. The first-order chi connectivity index (χ1) is 9.86. The SMILES string of the molecule is N#Cc1ccc(Nc2c(F)c(F)c(F)c(F)c2F)cc1F. The van der Waals surface area contributed by atoms with Gasteiger partial charge in [-0.2, -0.15) is 5.26 Å². The van der Waals surface area contributed by atoms with Gasteiger partial charge in [-0.1, -0.05) is 0 Å². The Morgan fingerprint density at radius 1 is 0.810 bits per heavy atom. The minimum absolute atomic E-state index is 0.283. The summed E-state index contributed by atoms with van der Waals surface area (Å²) >= 11 is 0. The molecule has 108 valence electrons. The van der Waals surface area contributed by atoms with E-state index >= 15 is 0 Å². The zero-order valence-corrected chi connectivity index (χ0v) is 9.95. The third kappa shape index (κ3) is 2.50. The Kier molecular flexibility index (Phi) is 3.76. The van der Waals surface area contributed by atoms with Gasteiger partial charge in [-0.15, -0.1) is 0 Å². The van der Waals surface area contributed by atoms with Crippen LogP contribution in [0.2, 0.25) is 0 Å². The molecule has 0 aromatic heterocycles. The van der Waals surface area contributed by atoms with E-state index in [1.165, 1.54) is 6.07 Å². The van der Waals surface area contributed by atoms with Gasteiger partial charge in [-0.25, -0.2) is 26.3 Å². The van der Waals surface area contributed by atoms with Gasteiger partial charge in [-0.3, -0.25) is 0 Å². The van der Waals surface area contributed by atoms with Crippen molar-refractivity contribution in [1.29, 1.82) is 5.26 Å². The Balaban J connectivity index is 2.50. The van der Waals surface area contributed by atoms with Gasteiger partial charge in [0.15, 0.2) is 23.3 Å².